The van der Waals surface area contributed by atoms with Crippen molar-refractivity contribution in [2.45, 2.75) is 50.7 Å². The summed E-state index contributed by atoms with van der Waals surface area (Å²) in [5.41, 5.74) is 2.19. The summed E-state index contributed by atoms with van der Waals surface area (Å²) in [5, 5.41) is 0. The summed E-state index contributed by atoms with van der Waals surface area (Å²) in [6, 6.07) is 0. The standard InChI is InChI=1S/C14H25N3O2/c15-16-14(18)13-6-5-12(19-13)9-17(7-10-1-2-10)8-11-3-4-11/h10-13H,1-9,15H2,(H,16,18). The molecule has 1 saturated heterocycles. The quantitative estimate of drug-likeness (QED) is 0.404. The molecule has 108 valence electrons. The fourth-order valence-corrected chi connectivity index (χ4v) is 2.97. The minimum atomic E-state index is -0.335. The van der Waals surface area contributed by atoms with Crippen LogP contribution < -0.4 is 11.3 Å². The fraction of sp³-hybridized carbons (Fsp3) is 0.929. The number of hydrazine groups is 1. The fourth-order valence-electron chi connectivity index (χ4n) is 2.97. The molecule has 5 heteroatoms. The Balaban J connectivity index is 1.46. The van der Waals surface area contributed by atoms with Crippen LogP contribution in [0.5, 0.6) is 0 Å². The van der Waals surface area contributed by atoms with Crippen molar-refractivity contribution >= 4 is 5.91 Å². The SMILES string of the molecule is NNC(=O)C1CCC(CN(CC2CC2)CC2CC2)O1. The summed E-state index contributed by atoms with van der Waals surface area (Å²) in [7, 11) is 0. The molecular formula is C14H25N3O2. The van der Waals surface area contributed by atoms with Gasteiger partial charge in [0.05, 0.1) is 6.10 Å². The summed E-state index contributed by atoms with van der Waals surface area (Å²) < 4.78 is 5.81. The van der Waals surface area contributed by atoms with Crippen molar-refractivity contribution in [2.75, 3.05) is 19.6 Å². The van der Waals surface area contributed by atoms with Crippen LogP contribution in [0.1, 0.15) is 38.5 Å². The molecule has 2 saturated carbocycles. The number of hydrogen-bond acceptors (Lipinski definition) is 4. The molecule has 19 heavy (non-hydrogen) atoms. The minimum absolute atomic E-state index is 0.182. The van der Waals surface area contributed by atoms with Crippen molar-refractivity contribution in [3.8, 4) is 0 Å². The second kappa shape index (κ2) is 5.77. The first-order valence-corrected chi connectivity index (χ1v) is 7.63. The Hall–Kier alpha value is -0.650. The van der Waals surface area contributed by atoms with Gasteiger partial charge in [0.15, 0.2) is 0 Å². The van der Waals surface area contributed by atoms with Crippen molar-refractivity contribution in [3.05, 3.63) is 0 Å². The van der Waals surface area contributed by atoms with E-state index in [1.54, 1.807) is 0 Å². The maximum absolute atomic E-state index is 11.4. The van der Waals surface area contributed by atoms with Gasteiger partial charge in [-0.25, -0.2) is 5.84 Å². The van der Waals surface area contributed by atoms with Crippen LogP contribution >= 0.6 is 0 Å². The van der Waals surface area contributed by atoms with Crippen molar-refractivity contribution in [1.29, 1.82) is 0 Å². The van der Waals surface area contributed by atoms with E-state index in [4.69, 9.17) is 10.6 Å². The van der Waals surface area contributed by atoms with Gasteiger partial charge in [-0.05, 0) is 50.4 Å². The highest BCUT2D eigenvalue weighted by Crippen LogP contribution is 2.34. The van der Waals surface area contributed by atoms with E-state index in [0.717, 1.165) is 31.2 Å². The second-order valence-electron chi connectivity index (χ2n) is 6.44. The molecule has 5 nitrogen and oxygen atoms in total. The van der Waals surface area contributed by atoms with Gasteiger partial charge in [0, 0.05) is 19.6 Å². The molecule has 0 spiro atoms. The maximum atomic E-state index is 11.4. The predicted molar refractivity (Wildman–Crippen MR) is 72.1 cm³/mol. The molecule has 1 amide bonds. The lowest BCUT2D eigenvalue weighted by molar-refractivity contribution is -0.132. The molecule has 2 atom stereocenters. The van der Waals surface area contributed by atoms with Gasteiger partial charge in [-0.1, -0.05) is 0 Å². The molecule has 0 radical (unpaired) electrons. The summed E-state index contributed by atoms with van der Waals surface area (Å²) in [5.74, 6) is 6.81. The number of rotatable bonds is 7. The second-order valence-corrected chi connectivity index (χ2v) is 6.44. The molecule has 3 fully saturated rings. The third-order valence-corrected chi connectivity index (χ3v) is 4.43. The van der Waals surface area contributed by atoms with Crippen LogP contribution in [-0.2, 0) is 9.53 Å². The van der Waals surface area contributed by atoms with E-state index in [2.05, 4.69) is 10.3 Å². The topological polar surface area (TPSA) is 67.6 Å². The molecule has 0 aromatic carbocycles. The van der Waals surface area contributed by atoms with Gasteiger partial charge < -0.3 is 9.64 Å². The first-order chi connectivity index (χ1) is 9.24. The smallest absolute Gasteiger partial charge is 0.263 e. The highest BCUT2D eigenvalue weighted by Gasteiger charge is 2.34. The normalized spacial score (nSPS) is 30.8. The Morgan fingerprint density at radius 2 is 1.68 bits per heavy atom. The van der Waals surface area contributed by atoms with Crippen molar-refractivity contribution in [3.63, 3.8) is 0 Å². The number of nitrogens with one attached hydrogen (secondary N) is 1. The predicted octanol–water partition coefficient (Wildman–Crippen LogP) is 0.646. The number of amides is 1. The zero-order valence-electron chi connectivity index (χ0n) is 11.5. The summed E-state index contributed by atoms with van der Waals surface area (Å²) in [6.45, 7) is 3.44. The van der Waals surface area contributed by atoms with Gasteiger partial charge in [-0.2, -0.15) is 0 Å². The Morgan fingerprint density at radius 3 is 2.21 bits per heavy atom. The molecule has 1 heterocycles. The van der Waals surface area contributed by atoms with Gasteiger partial charge in [0.1, 0.15) is 6.10 Å². The van der Waals surface area contributed by atoms with E-state index in [0.29, 0.717) is 0 Å². The van der Waals surface area contributed by atoms with Crippen LogP contribution in [0.25, 0.3) is 0 Å². The number of hydrogen-bond donors (Lipinski definition) is 2. The molecule has 1 aliphatic heterocycles. The zero-order valence-corrected chi connectivity index (χ0v) is 11.5. The Morgan fingerprint density at radius 1 is 1.05 bits per heavy atom. The Labute approximate surface area is 114 Å². The number of ether oxygens (including phenoxy) is 1. The van der Waals surface area contributed by atoms with E-state index < -0.39 is 0 Å². The molecule has 3 aliphatic rings. The summed E-state index contributed by atoms with van der Waals surface area (Å²) in [4.78, 5) is 14.0. The van der Waals surface area contributed by atoms with Crippen molar-refractivity contribution in [2.24, 2.45) is 17.7 Å². The highest BCUT2D eigenvalue weighted by atomic mass is 16.5. The maximum Gasteiger partial charge on any atom is 0.263 e. The van der Waals surface area contributed by atoms with Crippen molar-refractivity contribution in [1.82, 2.24) is 10.3 Å². The van der Waals surface area contributed by atoms with Gasteiger partial charge in [0.2, 0.25) is 0 Å². The van der Waals surface area contributed by atoms with Gasteiger partial charge >= 0.3 is 0 Å². The van der Waals surface area contributed by atoms with Crippen molar-refractivity contribution < 1.29 is 9.53 Å². The minimum Gasteiger partial charge on any atom is -0.364 e. The van der Waals surface area contributed by atoms with Gasteiger partial charge in [-0.15, -0.1) is 0 Å². The van der Waals surface area contributed by atoms with Gasteiger partial charge in [0.25, 0.3) is 5.91 Å². The first-order valence-electron chi connectivity index (χ1n) is 7.63. The van der Waals surface area contributed by atoms with Crippen LogP contribution in [0.15, 0.2) is 0 Å². The lowest BCUT2D eigenvalue weighted by atomic mass is 10.1. The number of nitrogens with two attached hydrogens (primary N) is 1. The Bertz CT molecular complexity index is 315. The van der Waals surface area contributed by atoms with E-state index in [-0.39, 0.29) is 18.1 Å². The van der Waals surface area contributed by atoms with E-state index in [9.17, 15) is 4.79 Å². The molecule has 0 aromatic rings. The van der Waals surface area contributed by atoms with E-state index >= 15 is 0 Å². The van der Waals surface area contributed by atoms with Crippen LogP contribution in [0, 0.1) is 11.8 Å². The third-order valence-electron chi connectivity index (χ3n) is 4.43. The van der Waals surface area contributed by atoms with Crippen LogP contribution in [0.3, 0.4) is 0 Å². The third kappa shape index (κ3) is 3.91. The Kier molecular flexibility index (Phi) is 4.05. The number of carbonyl (C=O) groups is 1. The number of carbonyl (C=O) groups excluding carboxylic acids is 1. The average molecular weight is 267 g/mol. The molecule has 3 N–H and O–H groups in total. The molecule has 3 rings (SSSR count). The van der Waals surface area contributed by atoms with Gasteiger partial charge in [-0.3, -0.25) is 10.2 Å². The van der Waals surface area contributed by atoms with Crippen LogP contribution in [-0.4, -0.2) is 42.6 Å². The monoisotopic (exact) mass is 267 g/mol. The van der Waals surface area contributed by atoms with Crippen LogP contribution in [0.4, 0.5) is 0 Å². The highest BCUT2D eigenvalue weighted by molar-refractivity contribution is 5.80. The number of nitrogens with zero attached hydrogens (tertiary/aromatic N) is 1. The molecule has 0 bridgehead atoms. The lowest BCUT2D eigenvalue weighted by Gasteiger charge is -2.25. The first kappa shape index (κ1) is 13.3. The lowest BCUT2D eigenvalue weighted by Crippen LogP contribution is -2.40. The van der Waals surface area contributed by atoms with E-state index in [1.165, 1.54) is 38.8 Å². The zero-order chi connectivity index (χ0) is 13.2. The summed E-state index contributed by atoms with van der Waals surface area (Å²) >= 11 is 0. The average Bonchev–Trinajstić information content (AvgIpc) is 3.32. The summed E-state index contributed by atoms with van der Waals surface area (Å²) in [6.07, 6.45) is 7.22. The van der Waals surface area contributed by atoms with Crippen LogP contribution in [0.2, 0.25) is 0 Å². The largest absolute Gasteiger partial charge is 0.364 e. The van der Waals surface area contributed by atoms with E-state index in [1.807, 2.05) is 0 Å². The molecule has 2 aliphatic carbocycles. The molecule has 0 aromatic heterocycles. The molecule has 2 unspecified atom stereocenters. The molecular weight excluding hydrogens is 242 g/mol.